The maximum absolute atomic E-state index is 4.92. The highest BCUT2D eigenvalue weighted by Crippen LogP contribution is 2.33. The Hall–Kier alpha value is -3.80. The highest BCUT2D eigenvalue weighted by molar-refractivity contribution is 5.79. The van der Waals surface area contributed by atoms with Crippen molar-refractivity contribution in [1.29, 1.82) is 0 Å². The molecule has 170 valence electrons. The standard InChI is InChI=1S/C28H28N6/c1-2-16-29-25(3-1)28-32-26(21-8-12-23(13-9-21)30-17-19-4-5-19)27(33-34-28)22-10-14-24(15-11-22)31-18-20-6-7-20/h1-3,8-16,19-20,30-31H,4-7,17-18H2. The van der Waals surface area contributed by atoms with Crippen molar-refractivity contribution in [1.82, 2.24) is 20.2 Å². The van der Waals surface area contributed by atoms with Gasteiger partial charge in [0.1, 0.15) is 17.1 Å². The van der Waals surface area contributed by atoms with Crippen LogP contribution >= 0.6 is 0 Å². The Morgan fingerprint density at radius 1 is 0.647 bits per heavy atom. The van der Waals surface area contributed by atoms with Gasteiger partial charge < -0.3 is 10.6 Å². The zero-order valence-electron chi connectivity index (χ0n) is 19.1. The summed E-state index contributed by atoms with van der Waals surface area (Å²) in [4.78, 5) is 9.34. The van der Waals surface area contributed by atoms with Crippen LogP contribution < -0.4 is 10.6 Å². The van der Waals surface area contributed by atoms with Crippen LogP contribution in [0.1, 0.15) is 25.7 Å². The lowest BCUT2D eigenvalue weighted by Gasteiger charge is -2.12. The summed E-state index contributed by atoms with van der Waals surface area (Å²) >= 11 is 0. The first-order valence-corrected chi connectivity index (χ1v) is 12.2. The fraction of sp³-hybridized carbons (Fsp3) is 0.286. The molecule has 0 radical (unpaired) electrons. The van der Waals surface area contributed by atoms with Crippen molar-refractivity contribution in [2.24, 2.45) is 11.8 Å². The molecule has 0 saturated heterocycles. The van der Waals surface area contributed by atoms with E-state index in [2.05, 4.69) is 74.3 Å². The van der Waals surface area contributed by atoms with E-state index in [1.165, 1.54) is 25.7 Å². The summed E-state index contributed by atoms with van der Waals surface area (Å²) in [6.07, 6.45) is 7.11. The summed E-state index contributed by atoms with van der Waals surface area (Å²) in [5.41, 5.74) is 6.57. The molecular weight excluding hydrogens is 420 g/mol. The van der Waals surface area contributed by atoms with E-state index in [1.54, 1.807) is 6.20 Å². The summed E-state index contributed by atoms with van der Waals surface area (Å²) in [7, 11) is 0. The Bertz CT molecular complexity index is 1250. The Morgan fingerprint density at radius 2 is 1.24 bits per heavy atom. The molecule has 6 nitrogen and oxygen atoms in total. The molecule has 2 fully saturated rings. The van der Waals surface area contributed by atoms with Gasteiger partial charge in [-0.05, 0) is 73.9 Å². The van der Waals surface area contributed by atoms with Crippen LogP contribution in [-0.4, -0.2) is 33.3 Å². The second-order valence-corrected chi connectivity index (χ2v) is 9.35. The van der Waals surface area contributed by atoms with Crippen LogP contribution in [0.15, 0.2) is 72.9 Å². The van der Waals surface area contributed by atoms with Crippen LogP contribution in [-0.2, 0) is 0 Å². The van der Waals surface area contributed by atoms with Crippen molar-refractivity contribution in [3.63, 3.8) is 0 Å². The predicted molar refractivity (Wildman–Crippen MR) is 136 cm³/mol. The summed E-state index contributed by atoms with van der Waals surface area (Å²) in [5.74, 6) is 2.19. The third-order valence-corrected chi connectivity index (χ3v) is 6.48. The fourth-order valence-corrected chi connectivity index (χ4v) is 3.99. The highest BCUT2D eigenvalue weighted by atomic mass is 15.2. The van der Waals surface area contributed by atoms with Crippen molar-refractivity contribution in [3.05, 3.63) is 72.9 Å². The van der Waals surface area contributed by atoms with Gasteiger partial charge in [-0.3, -0.25) is 4.98 Å². The smallest absolute Gasteiger partial charge is 0.201 e. The average Bonchev–Trinajstić information content (AvgIpc) is 3.83. The Kier molecular flexibility index (Phi) is 5.63. The van der Waals surface area contributed by atoms with Gasteiger partial charge in [0.05, 0.1) is 0 Å². The predicted octanol–water partition coefficient (Wildman–Crippen LogP) is 5.91. The van der Waals surface area contributed by atoms with E-state index >= 15 is 0 Å². The lowest BCUT2D eigenvalue weighted by molar-refractivity contribution is 0.889. The zero-order valence-corrected chi connectivity index (χ0v) is 19.1. The van der Waals surface area contributed by atoms with Crippen molar-refractivity contribution in [3.8, 4) is 34.0 Å². The van der Waals surface area contributed by atoms with E-state index in [4.69, 9.17) is 4.98 Å². The molecule has 0 aliphatic heterocycles. The van der Waals surface area contributed by atoms with Gasteiger partial charge in [-0.15, -0.1) is 10.2 Å². The molecule has 6 rings (SSSR count). The van der Waals surface area contributed by atoms with E-state index in [-0.39, 0.29) is 0 Å². The minimum atomic E-state index is 0.526. The van der Waals surface area contributed by atoms with Crippen LogP contribution in [0.25, 0.3) is 34.0 Å². The number of nitrogens with one attached hydrogen (secondary N) is 2. The number of rotatable bonds is 9. The molecule has 6 heteroatoms. The van der Waals surface area contributed by atoms with Crippen LogP contribution in [0, 0.1) is 11.8 Å². The van der Waals surface area contributed by atoms with Gasteiger partial charge in [0.2, 0.25) is 5.82 Å². The van der Waals surface area contributed by atoms with Gasteiger partial charge >= 0.3 is 0 Å². The van der Waals surface area contributed by atoms with E-state index in [1.807, 2.05) is 18.2 Å². The molecule has 0 spiro atoms. The first-order valence-electron chi connectivity index (χ1n) is 12.2. The Balaban J connectivity index is 1.32. The number of hydrogen-bond acceptors (Lipinski definition) is 6. The molecule has 2 saturated carbocycles. The maximum atomic E-state index is 4.92. The number of aromatic nitrogens is 4. The molecule has 2 aliphatic rings. The van der Waals surface area contributed by atoms with Crippen LogP contribution in [0.2, 0.25) is 0 Å². The van der Waals surface area contributed by atoms with E-state index in [0.717, 1.165) is 58.8 Å². The first-order chi connectivity index (χ1) is 16.8. The molecule has 2 heterocycles. The monoisotopic (exact) mass is 448 g/mol. The molecule has 34 heavy (non-hydrogen) atoms. The second kappa shape index (κ2) is 9.21. The molecule has 2 aliphatic carbocycles. The largest absolute Gasteiger partial charge is 0.385 e. The number of benzene rings is 2. The van der Waals surface area contributed by atoms with Gasteiger partial charge in [-0.25, -0.2) is 4.98 Å². The zero-order chi connectivity index (χ0) is 22.7. The Labute approximate surface area is 199 Å². The SMILES string of the molecule is c1ccc(-c2nnc(-c3ccc(NCC4CC4)cc3)c(-c3ccc(NCC4CC4)cc3)n2)nc1. The third-order valence-electron chi connectivity index (χ3n) is 6.48. The van der Waals surface area contributed by atoms with E-state index in [0.29, 0.717) is 11.5 Å². The van der Waals surface area contributed by atoms with Crippen molar-refractivity contribution in [2.45, 2.75) is 25.7 Å². The Morgan fingerprint density at radius 3 is 1.76 bits per heavy atom. The van der Waals surface area contributed by atoms with Crippen LogP contribution in [0.3, 0.4) is 0 Å². The number of anilines is 2. The lowest BCUT2D eigenvalue weighted by atomic mass is 10.0. The summed E-state index contributed by atoms with van der Waals surface area (Å²) < 4.78 is 0. The number of nitrogens with zero attached hydrogens (tertiary/aromatic N) is 4. The molecular formula is C28H28N6. The van der Waals surface area contributed by atoms with Gasteiger partial charge in [0, 0.05) is 41.8 Å². The molecule has 2 aromatic heterocycles. The summed E-state index contributed by atoms with van der Waals surface area (Å²) in [5, 5.41) is 16.1. The van der Waals surface area contributed by atoms with Crippen LogP contribution in [0.4, 0.5) is 11.4 Å². The van der Waals surface area contributed by atoms with E-state index < -0.39 is 0 Å². The number of pyridine rings is 1. The van der Waals surface area contributed by atoms with Crippen LogP contribution in [0.5, 0.6) is 0 Å². The molecule has 2 N–H and O–H groups in total. The quantitative estimate of drug-likeness (QED) is 0.331. The summed E-state index contributed by atoms with van der Waals surface area (Å²) in [6.45, 7) is 2.09. The topological polar surface area (TPSA) is 75.6 Å². The normalized spacial score (nSPS) is 15.2. The highest BCUT2D eigenvalue weighted by Gasteiger charge is 2.21. The molecule has 0 bridgehead atoms. The van der Waals surface area contributed by atoms with Crippen molar-refractivity contribution in [2.75, 3.05) is 23.7 Å². The first kappa shape index (κ1) is 20.8. The van der Waals surface area contributed by atoms with Crippen molar-refractivity contribution >= 4 is 11.4 Å². The van der Waals surface area contributed by atoms with Gasteiger partial charge in [-0.1, -0.05) is 30.3 Å². The minimum absolute atomic E-state index is 0.526. The summed E-state index contributed by atoms with van der Waals surface area (Å²) in [6, 6.07) is 22.6. The molecule has 0 unspecified atom stereocenters. The molecule has 0 atom stereocenters. The van der Waals surface area contributed by atoms with Gasteiger partial charge in [0.25, 0.3) is 0 Å². The average molecular weight is 449 g/mol. The molecule has 4 aromatic rings. The third kappa shape index (κ3) is 4.91. The number of hydrogen-bond donors (Lipinski definition) is 2. The van der Waals surface area contributed by atoms with Gasteiger partial charge in [-0.2, -0.15) is 0 Å². The second-order valence-electron chi connectivity index (χ2n) is 9.35. The molecule has 2 aromatic carbocycles. The minimum Gasteiger partial charge on any atom is -0.385 e. The fourth-order valence-electron chi connectivity index (χ4n) is 3.99. The lowest BCUT2D eigenvalue weighted by Crippen LogP contribution is -2.04. The van der Waals surface area contributed by atoms with E-state index in [9.17, 15) is 0 Å². The maximum Gasteiger partial charge on any atom is 0.201 e. The van der Waals surface area contributed by atoms with Gasteiger partial charge in [0.15, 0.2) is 0 Å². The molecule has 0 amide bonds. The van der Waals surface area contributed by atoms with Crippen molar-refractivity contribution < 1.29 is 0 Å².